The van der Waals surface area contributed by atoms with Gasteiger partial charge in [-0.05, 0) is 30.7 Å². The van der Waals surface area contributed by atoms with Gasteiger partial charge in [-0.2, -0.15) is 5.10 Å². The highest BCUT2D eigenvalue weighted by molar-refractivity contribution is 6.32. The minimum atomic E-state index is 0.484. The van der Waals surface area contributed by atoms with Gasteiger partial charge in [-0.15, -0.1) is 0 Å². The Labute approximate surface area is 115 Å². The van der Waals surface area contributed by atoms with Gasteiger partial charge in [-0.1, -0.05) is 23.7 Å². The molecule has 0 saturated heterocycles. The lowest BCUT2D eigenvalue weighted by Gasteiger charge is -2.06. The summed E-state index contributed by atoms with van der Waals surface area (Å²) in [6.07, 6.45) is 1.56. The zero-order chi connectivity index (χ0) is 13.4. The van der Waals surface area contributed by atoms with Crippen molar-refractivity contribution in [3.05, 3.63) is 52.8 Å². The second kappa shape index (κ2) is 4.55. The fourth-order valence-corrected chi connectivity index (χ4v) is 2.19. The van der Waals surface area contributed by atoms with Gasteiger partial charge < -0.3 is 5.73 Å². The highest BCUT2D eigenvalue weighted by Crippen LogP contribution is 2.20. The van der Waals surface area contributed by atoms with Crippen molar-refractivity contribution < 1.29 is 0 Å². The average Bonchev–Trinajstić information content (AvgIpc) is 2.71. The third kappa shape index (κ3) is 2.27. The van der Waals surface area contributed by atoms with Gasteiger partial charge >= 0.3 is 0 Å². The molecule has 96 valence electrons. The van der Waals surface area contributed by atoms with Gasteiger partial charge in [0.15, 0.2) is 0 Å². The molecular formula is C14H13ClN4. The summed E-state index contributed by atoms with van der Waals surface area (Å²) in [5, 5.41) is 5.74. The first kappa shape index (κ1) is 12.0. The molecule has 0 aliphatic heterocycles. The number of nitrogens with zero attached hydrogens (tertiary/aromatic N) is 3. The van der Waals surface area contributed by atoms with E-state index in [1.165, 1.54) is 0 Å². The van der Waals surface area contributed by atoms with E-state index in [0.717, 1.165) is 22.2 Å². The zero-order valence-corrected chi connectivity index (χ0v) is 11.2. The van der Waals surface area contributed by atoms with Crippen molar-refractivity contribution >= 4 is 28.3 Å². The van der Waals surface area contributed by atoms with Crippen LogP contribution in [0.1, 0.15) is 11.3 Å². The molecule has 0 unspecified atom stereocenters. The Balaban J connectivity index is 1.97. The summed E-state index contributed by atoms with van der Waals surface area (Å²) < 4.78 is 1.69. The number of hydrogen-bond donors (Lipinski definition) is 1. The quantitative estimate of drug-likeness (QED) is 0.780. The maximum Gasteiger partial charge on any atom is 0.140 e. The molecule has 1 aromatic carbocycles. The smallest absolute Gasteiger partial charge is 0.140 e. The van der Waals surface area contributed by atoms with E-state index in [1.807, 2.05) is 25.1 Å². The molecule has 0 spiro atoms. The molecule has 5 heteroatoms. The Kier molecular flexibility index (Phi) is 2.87. The number of hydrogen-bond acceptors (Lipinski definition) is 3. The first-order chi connectivity index (χ1) is 9.13. The summed E-state index contributed by atoms with van der Waals surface area (Å²) >= 11 is 5.89. The molecule has 0 bridgehead atoms. The molecule has 0 aliphatic rings. The molecule has 0 radical (unpaired) electrons. The molecule has 4 nitrogen and oxygen atoms in total. The first-order valence-corrected chi connectivity index (χ1v) is 6.34. The van der Waals surface area contributed by atoms with E-state index in [2.05, 4.69) is 22.2 Å². The van der Waals surface area contributed by atoms with Crippen LogP contribution in [-0.4, -0.2) is 14.8 Å². The van der Waals surface area contributed by atoms with Crippen molar-refractivity contribution in [1.82, 2.24) is 14.8 Å². The number of anilines is 1. The largest absolute Gasteiger partial charge is 0.383 e. The number of nitrogen functional groups attached to an aromatic ring is 1. The molecule has 2 aromatic heterocycles. The molecule has 0 atom stereocenters. The van der Waals surface area contributed by atoms with Gasteiger partial charge in [-0.3, -0.25) is 4.98 Å². The predicted molar refractivity (Wildman–Crippen MR) is 77.2 cm³/mol. The average molecular weight is 273 g/mol. The number of fused-ring (bicyclic) bond motifs is 1. The van der Waals surface area contributed by atoms with Crippen molar-refractivity contribution in [2.75, 3.05) is 5.73 Å². The molecule has 0 fully saturated rings. The first-order valence-electron chi connectivity index (χ1n) is 5.96. The van der Waals surface area contributed by atoms with Crippen molar-refractivity contribution in [1.29, 1.82) is 0 Å². The summed E-state index contributed by atoms with van der Waals surface area (Å²) in [5.41, 5.74) is 8.97. The van der Waals surface area contributed by atoms with Crippen LogP contribution in [0.25, 0.3) is 10.9 Å². The van der Waals surface area contributed by atoms with Gasteiger partial charge in [0.1, 0.15) is 10.8 Å². The number of aromatic nitrogens is 3. The van der Waals surface area contributed by atoms with Crippen LogP contribution in [-0.2, 0) is 6.54 Å². The standard InChI is InChI=1S/C14H13ClN4/c1-9-2-4-11-6-10(3-5-13(11)18-9)8-19-14(16)12(15)7-17-19/h2-7H,8,16H2,1H3. The fraction of sp³-hybridized carbons (Fsp3) is 0.143. The molecule has 3 aromatic rings. The molecule has 0 amide bonds. The van der Waals surface area contributed by atoms with Crippen LogP contribution in [0.4, 0.5) is 5.82 Å². The zero-order valence-electron chi connectivity index (χ0n) is 10.5. The molecule has 3 rings (SSSR count). The molecule has 2 N–H and O–H groups in total. The summed E-state index contributed by atoms with van der Waals surface area (Å²) in [7, 11) is 0. The molecule has 0 aliphatic carbocycles. The van der Waals surface area contributed by atoms with Crippen LogP contribution in [0.2, 0.25) is 5.02 Å². The van der Waals surface area contributed by atoms with Crippen molar-refractivity contribution in [3.63, 3.8) is 0 Å². The van der Waals surface area contributed by atoms with E-state index in [9.17, 15) is 0 Å². The molecule has 0 saturated carbocycles. The normalized spacial score (nSPS) is 11.1. The van der Waals surface area contributed by atoms with Crippen LogP contribution in [0, 0.1) is 6.92 Å². The van der Waals surface area contributed by atoms with E-state index in [1.54, 1.807) is 10.9 Å². The van der Waals surface area contributed by atoms with E-state index in [0.29, 0.717) is 17.4 Å². The monoisotopic (exact) mass is 272 g/mol. The number of aryl methyl sites for hydroxylation is 1. The van der Waals surface area contributed by atoms with Crippen LogP contribution < -0.4 is 5.73 Å². The lowest BCUT2D eigenvalue weighted by atomic mass is 10.1. The summed E-state index contributed by atoms with van der Waals surface area (Å²) in [4.78, 5) is 4.48. The summed E-state index contributed by atoms with van der Waals surface area (Å²) in [6.45, 7) is 2.59. The number of pyridine rings is 1. The minimum Gasteiger partial charge on any atom is -0.383 e. The van der Waals surface area contributed by atoms with Gasteiger partial charge in [-0.25, -0.2) is 4.68 Å². The maximum absolute atomic E-state index is 5.89. The Morgan fingerprint density at radius 2 is 2.11 bits per heavy atom. The van der Waals surface area contributed by atoms with Crippen LogP contribution in [0.5, 0.6) is 0 Å². The maximum atomic E-state index is 5.89. The number of benzene rings is 1. The number of halogens is 1. The highest BCUT2D eigenvalue weighted by atomic mass is 35.5. The van der Waals surface area contributed by atoms with Gasteiger partial charge in [0.2, 0.25) is 0 Å². The van der Waals surface area contributed by atoms with Crippen LogP contribution in [0.3, 0.4) is 0 Å². The lowest BCUT2D eigenvalue weighted by molar-refractivity contribution is 0.698. The fourth-order valence-electron chi connectivity index (χ4n) is 2.05. The van der Waals surface area contributed by atoms with E-state index < -0.39 is 0 Å². The van der Waals surface area contributed by atoms with Crippen molar-refractivity contribution in [2.24, 2.45) is 0 Å². The molecule has 19 heavy (non-hydrogen) atoms. The Bertz CT molecular complexity index is 748. The van der Waals surface area contributed by atoms with Crippen LogP contribution >= 0.6 is 11.6 Å². The SMILES string of the molecule is Cc1ccc2cc(Cn3ncc(Cl)c3N)ccc2n1. The lowest BCUT2D eigenvalue weighted by Crippen LogP contribution is -2.05. The molecule has 2 heterocycles. The number of nitrogens with two attached hydrogens (primary N) is 1. The predicted octanol–water partition coefficient (Wildman–Crippen LogP) is 3.02. The van der Waals surface area contributed by atoms with Gasteiger partial charge in [0, 0.05) is 11.1 Å². The second-order valence-electron chi connectivity index (χ2n) is 4.52. The minimum absolute atomic E-state index is 0.484. The van der Waals surface area contributed by atoms with E-state index >= 15 is 0 Å². The summed E-state index contributed by atoms with van der Waals surface area (Å²) in [6, 6.07) is 10.2. The Hall–Kier alpha value is -2.07. The highest BCUT2D eigenvalue weighted by Gasteiger charge is 2.06. The van der Waals surface area contributed by atoms with Gasteiger partial charge in [0.25, 0.3) is 0 Å². The Morgan fingerprint density at radius 3 is 2.84 bits per heavy atom. The van der Waals surface area contributed by atoms with Crippen molar-refractivity contribution in [3.8, 4) is 0 Å². The van der Waals surface area contributed by atoms with Gasteiger partial charge in [0.05, 0.1) is 18.3 Å². The van der Waals surface area contributed by atoms with E-state index in [4.69, 9.17) is 17.3 Å². The van der Waals surface area contributed by atoms with Crippen molar-refractivity contribution in [2.45, 2.75) is 13.5 Å². The third-order valence-corrected chi connectivity index (χ3v) is 3.35. The molecular weight excluding hydrogens is 260 g/mol. The third-order valence-electron chi connectivity index (χ3n) is 3.06. The van der Waals surface area contributed by atoms with E-state index in [-0.39, 0.29) is 0 Å². The second-order valence-corrected chi connectivity index (χ2v) is 4.92. The summed E-state index contributed by atoms with van der Waals surface area (Å²) in [5.74, 6) is 0.490. The van der Waals surface area contributed by atoms with Crippen LogP contribution in [0.15, 0.2) is 36.5 Å². The Morgan fingerprint density at radius 1 is 1.26 bits per heavy atom. The number of rotatable bonds is 2. The topological polar surface area (TPSA) is 56.7 Å².